The van der Waals surface area contributed by atoms with Crippen molar-refractivity contribution in [3.05, 3.63) is 53.9 Å². The van der Waals surface area contributed by atoms with E-state index in [-0.39, 0.29) is 0 Å². The Morgan fingerprint density at radius 3 is 2.76 bits per heavy atom. The van der Waals surface area contributed by atoms with E-state index < -0.39 is 0 Å². The molecule has 0 spiro atoms. The Labute approximate surface area is 149 Å². The van der Waals surface area contributed by atoms with Crippen LogP contribution >= 0.6 is 0 Å². The van der Waals surface area contributed by atoms with Crippen molar-refractivity contribution in [3.8, 4) is 5.75 Å². The van der Waals surface area contributed by atoms with E-state index in [1.807, 2.05) is 49.4 Å². The summed E-state index contributed by atoms with van der Waals surface area (Å²) in [6.07, 6.45) is 0.862. The molecule has 0 amide bonds. The number of aliphatic imine (C=N–C) groups is 1. The number of methoxy groups -OCH3 is 1. The van der Waals surface area contributed by atoms with Crippen molar-refractivity contribution >= 4 is 11.6 Å². The normalized spacial score (nSPS) is 11.2. The Morgan fingerprint density at radius 1 is 1.16 bits per heavy atom. The van der Waals surface area contributed by atoms with Crippen LogP contribution in [0.25, 0.3) is 0 Å². The lowest BCUT2D eigenvalue weighted by molar-refractivity contribution is 0.172. The van der Waals surface area contributed by atoms with Crippen molar-refractivity contribution in [2.24, 2.45) is 4.99 Å². The van der Waals surface area contributed by atoms with Crippen molar-refractivity contribution in [3.63, 3.8) is 0 Å². The number of pyridine rings is 1. The first-order chi connectivity index (χ1) is 12.2. The van der Waals surface area contributed by atoms with Crippen molar-refractivity contribution in [2.75, 3.05) is 32.7 Å². The second-order valence-electron chi connectivity index (χ2n) is 5.54. The number of aryl methyl sites for hydroxylation is 1. The zero-order chi connectivity index (χ0) is 17.9. The molecular formula is C19H26N4O2. The van der Waals surface area contributed by atoms with Crippen LogP contribution in [0.15, 0.2) is 47.5 Å². The van der Waals surface area contributed by atoms with E-state index in [1.165, 1.54) is 0 Å². The minimum Gasteiger partial charge on any atom is -0.493 e. The summed E-state index contributed by atoms with van der Waals surface area (Å²) in [6, 6.07) is 13.8. The molecule has 0 aliphatic carbocycles. The molecule has 6 heteroatoms. The zero-order valence-corrected chi connectivity index (χ0v) is 15.1. The van der Waals surface area contributed by atoms with E-state index in [1.54, 1.807) is 14.2 Å². The van der Waals surface area contributed by atoms with Crippen LogP contribution in [0, 0.1) is 6.92 Å². The predicted octanol–water partition coefficient (Wildman–Crippen LogP) is 2.99. The summed E-state index contributed by atoms with van der Waals surface area (Å²) in [5, 5.41) is 6.52. The molecule has 0 saturated heterocycles. The minimum absolute atomic E-state index is 0.606. The van der Waals surface area contributed by atoms with Gasteiger partial charge in [0, 0.05) is 44.6 Å². The number of benzene rings is 1. The summed E-state index contributed by atoms with van der Waals surface area (Å²) in [5.74, 6) is 1.50. The van der Waals surface area contributed by atoms with Crippen molar-refractivity contribution in [1.82, 2.24) is 10.3 Å². The Morgan fingerprint density at radius 2 is 2.00 bits per heavy atom. The highest BCUT2D eigenvalue weighted by Gasteiger charge is 2.02. The summed E-state index contributed by atoms with van der Waals surface area (Å²) >= 11 is 0. The van der Waals surface area contributed by atoms with Crippen LogP contribution in [0.3, 0.4) is 0 Å². The van der Waals surface area contributed by atoms with Crippen LogP contribution in [0.5, 0.6) is 5.75 Å². The number of nitrogens with zero attached hydrogens (tertiary/aromatic N) is 2. The van der Waals surface area contributed by atoms with Gasteiger partial charge in [-0.1, -0.05) is 12.1 Å². The summed E-state index contributed by atoms with van der Waals surface area (Å²) in [5.41, 5.74) is 2.88. The van der Waals surface area contributed by atoms with Gasteiger partial charge in [0.15, 0.2) is 5.96 Å². The summed E-state index contributed by atoms with van der Waals surface area (Å²) < 4.78 is 10.7. The van der Waals surface area contributed by atoms with Gasteiger partial charge >= 0.3 is 0 Å². The van der Waals surface area contributed by atoms with Gasteiger partial charge in [-0.3, -0.25) is 9.98 Å². The number of hydrogen-bond acceptors (Lipinski definition) is 4. The second kappa shape index (κ2) is 10.3. The molecule has 1 aromatic carbocycles. The van der Waals surface area contributed by atoms with Crippen molar-refractivity contribution in [2.45, 2.75) is 19.9 Å². The predicted molar refractivity (Wildman–Crippen MR) is 101 cm³/mol. The Balaban J connectivity index is 1.88. The maximum Gasteiger partial charge on any atom is 0.195 e. The van der Waals surface area contributed by atoms with Crippen LogP contribution in [-0.2, 0) is 11.3 Å². The van der Waals surface area contributed by atoms with E-state index in [2.05, 4.69) is 20.6 Å². The fourth-order valence-corrected chi connectivity index (χ4v) is 2.25. The van der Waals surface area contributed by atoms with Gasteiger partial charge in [-0.15, -0.1) is 0 Å². The zero-order valence-electron chi connectivity index (χ0n) is 15.1. The van der Waals surface area contributed by atoms with Crippen LogP contribution in [0.4, 0.5) is 5.69 Å². The summed E-state index contributed by atoms with van der Waals surface area (Å²) in [7, 11) is 3.43. The number of nitrogens with one attached hydrogen (secondary N) is 2. The average Bonchev–Trinajstić information content (AvgIpc) is 2.63. The molecule has 1 aromatic heterocycles. The van der Waals surface area contributed by atoms with Gasteiger partial charge in [-0.2, -0.15) is 0 Å². The largest absolute Gasteiger partial charge is 0.493 e. The molecular weight excluding hydrogens is 316 g/mol. The number of rotatable bonds is 8. The fraction of sp³-hybridized carbons (Fsp3) is 0.368. The van der Waals surface area contributed by atoms with E-state index in [0.29, 0.717) is 25.7 Å². The van der Waals surface area contributed by atoms with Gasteiger partial charge in [0.2, 0.25) is 0 Å². The molecule has 0 bridgehead atoms. The molecule has 134 valence electrons. The van der Waals surface area contributed by atoms with E-state index in [9.17, 15) is 0 Å². The van der Waals surface area contributed by atoms with Gasteiger partial charge < -0.3 is 20.1 Å². The molecule has 25 heavy (non-hydrogen) atoms. The lowest BCUT2D eigenvalue weighted by Crippen LogP contribution is -2.30. The topological polar surface area (TPSA) is 67.8 Å². The van der Waals surface area contributed by atoms with Crippen molar-refractivity contribution in [1.29, 1.82) is 0 Å². The Kier molecular flexibility index (Phi) is 7.72. The highest BCUT2D eigenvalue weighted by molar-refractivity contribution is 5.93. The first kappa shape index (κ1) is 18.7. The molecule has 2 aromatic rings. The molecule has 0 saturated carbocycles. The SMILES string of the molecule is CN=C(NCc1cccc(C)n1)Nc1cccc(OCCCOC)c1. The van der Waals surface area contributed by atoms with Crippen LogP contribution in [-0.4, -0.2) is 38.3 Å². The third-order valence-electron chi connectivity index (χ3n) is 3.46. The summed E-state index contributed by atoms with van der Waals surface area (Å²) in [6.45, 7) is 3.91. The second-order valence-corrected chi connectivity index (χ2v) is 5.54. The van der Waals surface area contributed by atoms with E-state index in [0.717, 1.165) is 29.2 Å². The fourth-order valence-electron chi connectivity index (χ4n) is 2.25. The number of aromatic nitrogens is 1. The molecule has 0 aliphatic rings. The van der Waals surface area contributed by atoms with E-state index in [4.69, 9.17) is 9.47 Å². The highest BCUT2D eigenvalue weighted by atomic mass is 16.5. The smallest absolute Gasteiger partial charge is 0.195 e. The van der Waals surface area contributed by atoms with Crippen LogP contribution in [0.1, 0.15) is 17.8 Å². The number of ether oxygens (including phenoxy) is 2. The van der Waals surface area contributed by atoms with Crippen LogP contribution in [0.2, 0.25) is 0 Å². The number of hydrogen-bond donors (Lipinski definition) is 2. The standard InChI is InChI=1S/C19H26N4O2/c1-15-7-4-9-17(22-15)14-21-19(20-2)23-16-8-5-10-18(13-16)25-12-6-11-24-3/h4-5,7-10,13H,6,11-12,14H2,1-3H3,(H2,20,21,23). The molecule has 2 rings (SSSR count). The highest BCUT2D eigenvalue weighted by Crippen LogP contribution is 2.17. The van der Waals surface area contributed by atoms with Gasteiger partial charge in [-0.25, -0.2) is 0 Å². The molecule has 0 aliphatic heterocycles. The maximum atomic E-state index is 5.72. The molecule has 0 atom stereocenters. The van der Waals surface area contributed by atoms with Gasteiger partial charge in [0.05, 0.1) is 18.8 Å². The minimum atomic E-state index is 0.606. The lowest BCUT2D eigenvalue weighted by atomic mass is 10.3. The first-order valence-corrected chi connectivity index (χ1v) is 8.33. The van der Waals surface area contributed by atoms with Crippen molar-refractivity contribution < 1.29 is 9.47 Å². The molecule has 0 radical (unpaired) electrons. The Hall–Kier alpha value is -2.60. The average molecular weight is 342 g/mol. The number of anilines is 1. The molecule has 6 nitrogen and oxygen atoms in total. The third-order valence-corrected chi connectivity index (χ3v) is 3.46. The third kappa shape index (κ3) is 6.81. The molecule has 1 heterocycles. The van der Waals surface area contributed by atoms with Gasteiger partial charge in [0.25, 0.3) is 0 Å². The van der Waals surface area contributed by atoms with Gasteiger partial charge in [0.1, 0.15) is 5.75 Å². The summed E-state index contributed by atoms with van der Waals surface area (Å²) in [4.78, 5) is 8.72. The lowest BCUT2D eigenvalue weighted by Gasteiger charge is -2.13. The Bertz CT molecular complexity index is 689. The molecule has 0 unspecified atom stereocenters. The first-order valence-electron chi connectivity index (χ1n) is 8.33. The van der Waals surface area contributed by atoms with Crippen LogP contribution < -0.4 is 15.4 Å². The molecule has 2 N–H and O–H groups in total. The monoisotopic (exact) mass is 342 g/mol. The molecule has 0 fully saturated rings. The quantitative estimate of drug-likeness (QED) is 0.438. The van der Waals surface area contributed by atoms with E-state index >= 15 is 0 Å². The number of guanidine groups is 1. The van der Waals surface area contributed by atoms with Gasteiger partial charge in [-0.05, 0) is 31.2 Å². The maximum absolute atomic E-state index is 5.72.